The van der Waals surface area contributed by atoms with E-state index < -0.39 is 18.5 Å². The van der Waals surface area contributed by atoms with E-state index in [2.05, 4.69) is 5.32 Å². The molecule has 0 spiro atoms. The van der Waals surface area contributed by atoms with Gasteiger partial charge in [-0.05, 0) is 25.1 Å². The van der Waals surface area contributed by atoms with Gasteiger partial charge in [-0.1, -0.05) is 34.8 Å². The van der Waals surface area contributed by atoms with Crippen molar-refractivity contribution in [3.8, 4) is 0 Å². The van der Waals surface area contributed by atoms with Crippen LogP contribution in [-0.2, 0) is 9.53 Å². The van der Waals surface area contributed by atoms with Crippen LogP contribution < -0.4 is 5.32 Å². The predicted octanol–water partition coefficient (Wildman–Crippen LogP) is 4.34. The molecule has 0 unspecified atom stereocenters. The summed E-state index contributed by atoms with van der Waals surface area (Å²) in [7, 11) is 0. The maximum atomic E-state index is 11.8. The highest BCUT2D eigenvalue weighted by molar-refractivity contribution is 6.42. The van der Waals surface area contributed by atoms with Gasteiger partial charge < -0.3 is 14.5 Å². The molecular formula is C14H10Cl3NO4. The van der Waals surface area contributed by atoms with Crippen LogP contribution >= 0.6 is 34.8 Å². The lowest BCUT2D eigenvalue weighted by Crippen LogP contribution is -2.21. The second-order valence-electron chi connectivity index (χ2n) is 4.26. The number of hydrogen-bond donors (Lipinski definition) is 1. The molecule has 22 heavy (non-hydrogen) atoms. The third-order valence-corrected chi connectivity index (χ3v) is 3.50. The van der Waals surface area contributed by atoms with Crippen LogP contribution in [0, 0.1) is 6.92 Å². The molecule has 1 heterocycles. The van der Waals surface area contributed by atoms with Gasteiger partial charge in [-0.3, -0.25) is 4.79 Å². The molecule has 0 saturated carbocycles. The van der Waals surface area contributed by atoms with E-state index in [4.69, 9.17) is 44.0 Å². The number of carbonyl (C=O) groups excluding carboxylic acids is 2. The molecule has 1 aromatic heterocycles. The summed E-state index contributed by atoms with van der Waals surface area (Å²) in [5, 5.41) is 3.17. The van der Waals surface area contributed by atoms with Crippen LogP contribution in [0.4, 0.5) is 5.69 Å². The third-order valence-electron chi connectivity index (χ3n) is 2.68. The minimum Gasteiger partial charge on any atom is -0.469 e. The van der Waals surface area contributed by atoms with Gasteiger partial charge in [0.2, 0.25) is 0 Å². The first-order valence-electron chi connectivity index (χ1n) is 6.04. The van der Waals surface area contributed by atoms with E-state index in [0.29, 0.717) is 10.8 Å². The van der Waals surface area contributed by atoms with Gasteiger partial charge in [0, 0.05) is 5.02 Å². The van der Waals surface area contributed by atoms with Crippen LogP contribution in [0.5, 0.6) is 0 Å². The van der Waals surface area contributed by atoms with E-state index in [1.807, 2.05) is 0 Å². The molecule has 0 radical (unpaired) electrons. The molecule has 1 aromatic carbocycles. The van der Waals surface area contributed by atoms with E-state index in [1.54, 1.807) is 6.92 Å². The highest BCUT2D eigenvalue weighted by atomic mass is 35.5. The molecule has 0 saturated heterocycles. The summed E-state index contributed by atoms with van der Waals surface area (Å²) in [6.07, 6.45) is 1.36. The number of esters is 1. The monoisotopic (exact) mass is 361 g/mol. The van der Waals surface area contributed by atoms with Crippen LogP contribution in [0.1, 0.15) is 16.1 Å². The fourth-order valence-electron chi connectivity index (χ4n) is 1.64. The number of benzene rings is 1. The molecule has 2 rings (SSSR count). The molecule has 8 heteroatoms. The highest BCUT2D eigenvalue weighted by Crippen LogP contribution is 2.33. The molecular weight excluding hydrogens is 353 g/mol. The molecule has 0 aliphatic carbocycles. The average molecular weight is 363 g/mol. The van der Waals surface area contributed by atoms with E-state index in [1.165, 1.54) is 24.5 Å². The number of rotatable bonds is 4. The summed E-state index contributed by atoms with van der Waals surface area (Å²) >= 11 is 17.7. The molecule has 1 amide bonds. The van der Waals surface area contributed by atoms with Crippen molar-refractivity contribution >= 4 is 52.4 Å². The SMILES string of the molecule is Cc1occc1C(=O)OCC(=O)Nc1c(Cl)cc(Cl)cc1Cl. The Bertz CT molecular complexity index is 704. The normalized spacial score (nSPS) is 10.4. The van der Waals surface area contributed by atoms with Crippen molar-refractivity contribution in [3.05, 3.63) is 50.9 Å². The number of halogens is 3. The van der Waals surface area contributed by atoms with E-state index >= 15 is 0 Å². The average Bonchev–Trinajstić information content (AvgIpc) is 2.86. The Hall–Kier alpha value is -1.69. The minimum atomic E-state index is -0.658. The van der Waals surface area contributed by atoms with Crippen molar-refractivity contribution < 1.29 is 18.7 Å². The fraction of sp³-hybridized carbons (Fsp3) is 0.143. The van der Waals surface area contributed by atoms with Crippen LogP contribution in [0.15, 0.2) is 28.9 Å². The summed E-state index contributed by atoms with van der Waals surface area (Å²) in [5.41, 5.74) is 0.462. The molecule has 5 nitrogen and oxygen atoms in total. The van der Waals surface area contributed by atoms with Crippen molar-refractivity contribution in [2.24, 2.45) is 0 Å². The lowest BCUT2D eigenvalue weighted by Gasteiger charge is -2.10. The van der Waals surface area contributed by atoms with E-state index in [9.17, 15) is 9.59 Å². The Morgan fingerprint density at radius 3 is 2.41 bits per heavy atom. The van der Waals surface area contributed by atoms with E-state index in [-0.39, 0.29) is 21.3 Å². The molecule has 0 atom stereocenters. The van der Waals surface area contributed by atoms with Crippen molar-refractivity contribution in [1.82, 2.24) is 0 Å². The molecule has 116 valence electrons. The lowest BCUT2D eigenvalue weighted by molar-refractivity contribution is -0.119. The number of nitrogens with one attached hydrogen (secondary N) is 1. The number of furan rings is 1. The summed E-state index contributed by atoms with van der Waals surface area (Å²) < 4.78 is 9.86. The minimum absolute atomic E-state index is 0.183. The Morgan fingerprint density at radius 2 is 1.86 bits per heavy atom. The summed E-state index contributed by atoms with van der Waals surface area (Å²) in [6.45, 7) is 1.13. The fourth-order valence-corrected chi connectivity index (χ4v) is 2.55. The Balaban J connectivity index is 1.97. The summed E-state index contributed by atoms with van der Waals surface area (Å²) in [5.74, 6) is -0.829. The van der Waals surface area contributed by atoms with Gasteiger partial charge in [0.1, 0.15) is 11.3 Å². The first-order chi connectivity index (χ1) is 10.4. The smallest absolute Gasteiger partial charge is 0.342 e. The largest absolute Gasteiger partial charge is 0.469 e. The van der Waals surface area contributed by atoms with E-state index in [0.717, 1.165) is 0 Å². The second-order valence-corrected chi connectivity index (χ2v) is 5.51. The summed E-state index contributed by atoms with van der Waals surface area (Å²) in [4.78, 5) is 23.5. The van der Waals surface area contributed by atoms with Gasteiger partial charge in [0.15, 0.2) is 6.61 Å². The molecule has 0 aliphatic rings. The maximum Gasteiger partial charge on any atom is 0.342 e. The third kappa shape index (κ3) is 3.94. The zero-order chi connectivity index (χ0) is 16.3. The number of amides is 1. The zero-order valence-corrected chi connectivity index (χ0v) is 13.6. The molecule has 0 bridgehead atoms. The number of anilines is 1. The van der Waals surface area contributed by atoms with Gasteiger partial charge in [-0.25, -0.2) is 4.79 Å². The second kappa shape index (κ2) is 7.05. The topological polar surface area (TPSA) is 68.5 Å². The molecule has 0 aliphatic heterocycles. The molecule has 0 fully saturated rings. The standard InChI is InChI=1S/C14H10Cl3NO4/c1-7-9(2-3-21-7)14(20)22-6-12(19)18-13-10(16)4-8(15)5-11(13)17/h2-5H,6H2,1H3,(H,18,19). The van der Waals surface area contributed by atoms with Crippen LogP contribution in [0.3, 0.4) is 0 Å². The Kier molecular flexibility index (Phi) is 5.34. The van der Waals surface area contributed by atoms with Gasteiger partial charge in [0.25, 0.3) is 5.91 Å². The zero-order valence-electron chi connectivity index (χ0n) is 11.3. The highest BCUT2D eigenvalue weighted by Gasteiger charge is 2.16. The van der Waals surface area contributed by atoms with Gasteiger partial charge in [-0.2, -0.15) is 0 Å². The van der Waals surface area contributed by atoms with Gasteiger partial charge >= 0.3 is 5.97 Å². The predicted molar refractivity (Wildman–Crippen MR) is 83.8 cm³/mol. The lowest BCUT2D eigenvalue weighted by atomic mass is 10.3. The van der Waals surface area contributed by atoms with Crippen molar-refractivity contribution in [2.45, 2.75) is 6.92 Å². The number of hydrogen-bond acceptors (Lipinski definition) is 4. The number of carbonyl (C=O) groups is 2. The van der Waals surface area contributed by atoms with Gasteiger partial charge in [-0.15, -0.1) is 0 Å². The Labute approximate surface area is 141 Å². The molecule has 1 N–H and O–H groups in total. The van der Waals surface area contributed by atoms with Crippen molar-refractivity contribution in [3.63, 3.8) is 0 Å². The maximum absolute atomic E-state index is 11.8. The first kappa shape index (κ1) is 16.7. The van der Waals surface area contributed by atoms with Crippen LogP contribution in [-0.4, -0.2) is 18.5 Å². The first-order valence-corrected chi connectivity index (χ1v) is 7.17. The van der Waals surface area contributed by atoms with Gasteiger partial charge in [0.05, 0.1) is 22.0 Å². The Morgan fingerprint density at radius 1 is 1.23 bits per heavy atom. The van der Waals surface area contributed by atoms with Crippen LogP contribution in [0.25, 0.3) is 0 Å². The summed E-state index contributed by atoms with van der Waals surface area (Å²) in [6, 6.07) is 4.33. The van der Waals surface area contributed by atoms with Crippen molar-refractivity contribution in [2.75, 3.05) is 11.9 Å². The van der Waals surface area contributed by atoms with Crippen molar-refractivity contribution in [1.29, 1.82) is 0 Å². The number of ether oxygens (including phenoxy) is 1. The van der Waals surface area contributed by atoms with Crippen LogP contribution in [0.2, 0.25) is 15.1 Å². The molecule has 2 aromatic rings. The quantitative estimate of drug-likeness (QED) is 0.821. The number of aryl methyl sites for hydroxylation is 1.